The highest BCUT2D eigenvalue weighted by molar-refractivity contribution is 5.79. The molecular formula is C22H42N2O3. The van der Waals surface area contributed by atoms with Crippen LogP contribution in [0.25, 0.3) is 0 Å². The summed E-state index contributed by atoms with van der Waals surface area (Å²) in [5, 5.41) is 5.05. The topological polar surface area (TPSA) is 67.4 Å². The van der Waals surface area contributed by atoms with Gasteiger partial charge in [-0.15, -0.1) is 0 Å². The van der Waals surface area contributed by atoms with Crippen molar-refractivity contribution in [3.05, 3.63) is 12.2 Å². The summed E-state index contributed by atoms with van der Waals surface area (Å²) in [4.78, 5) is 22.2. The van der Waals surface area contributed by atoms with E-state index in [1.807, 2.05) is 0 Å². The van der Waals surface area contributed by atoms with Crippen molar-refractivity contribution < 1.29 is 14.3 Å². The van der Waals surface area contributed by atoms with Crippen LogP contribution in [0.2, 0.25) is 0 Å². The lowest BCUT2D eigenvalue weighted by molar-refractivity contribution is -0.123. The average molecular weight is 383 g/mol. The maximum Gasteiger partial charge on any atom is 0.407 e. The molecule has 2 amide bonds. The van der Waals surface area contributed by atoms with Crippen molar-refractivity contribution in [3.8, 4) is 0 Å². The minimum Gasteiger partial charge on any atom is -0.439 e. The van der Waals surface area contributed by atoms with E-state index in [1.54, 1.807) is 0 Å². The second kappa shape index (κ2) is 20.8. The number of amides is 2. The molecular weight excluding hydrogens is 340 g/mol. The molecule has 0 aliphatic rings. The maximum absolute atomic E-state index is 11.3. The Morgan fingerprint density at radius 1 is 0.778 bits per heavy atom. The van der Waals surface area contributed by atoms with E-state index in [0.717, 1.165) is 25.7 Å². The van der Waals surface area contributed by atoms with E-state index in [9.17, 15) is 9.59 Å². The Morgan fingerprint density at radius 2 is 1.30 bits per heavy atom. The summed E-state index contributed by atoms with van der Waals surface area (Å²) in [7, 11) is 1.51. The van der Waals surface area contributed by atoms with Gasteiger partial charge in [0.05, 0.1) is 0 Å². The number of unbranched alkanes of at least 4 members (excludes halogenated alkanes) is 12. The lowest BCUT2D eigenvalue weighted by Crippen LogP contribution is -2.30. The van der Waals surface area contributed by atoms with Gasteiger partial charge in [0.25, 0.3) is 5.91 Å². The van der Waals surface area contributed by atoms with Gasteiger partial charge in [0.15, 0.2) is 6.61 Å². The van der Waals surface area contributed by atoms with Crippen LogP contribution in [0.4, 0.5) is 4.79 Å². The van der Waals surface area contributed by atoms with Crippen molar-refractivity contribution in [2.75, 3.05) is 20.2 Å². The molecule has 0 saturated carbocycles. The smallest absolute Gasteiger partial charge is 0.407 e. The number of alkyl carbamates (subject to hydrolysis) is 1. The number of carbonyl (C=O) groups is 2. The molecule has 0 bridgehead atoms. The van der Waals surface area contributed by atoms with Gasteiger partial charge >= 0.3 is 6.09 Å². The SMILES string of the molecule is CCCCCCCCCCC/C=C\CCCCCNC(=O)OCC(=O)NC. The van der Waals surface area contributed by atoms with Crippen LogP contribution in [0, 0.1) is 0 Å². The van der Waals surface area contributed by atoms with Crippen molar-refractivity contribution >= 4 is 12.0 Å². The molecule has 0 heterocycles. The Morgan fingerprint density at radius 3 is 1.85 bits per heavy atom. The fraction of sp³-hybridized carbons (Fsp3) is 0.818. The van der Waals surface area contributed by atoms with Gasteiger partial charge in [-0.1, -0.05) is 76.9 Å². The number of rotatable bonds is 18. The summed E-state index contributed by atoms with van der Waals surface area (Å²) in [6, 6.07) is 0. The third kappa shape index (κ3) is 20.6. The second-order valence-electron chi connectivity index (χ2n) is 7.11. The molecule has 5 heteroatoms. The highest BCUT2D eigenvalue weighted by Crippen LogP contribution is 2.11. The fourth-order valence-corrected chi connectivity index (χ4v) is 2.82. The molecule has 0 fully saturated rings. The zero-order valence-corrected chi connectivity index (χ0v) is 17.7. The molecule has 5 nitrogen and oxygen atoms in total. The van der Waals surface area contributed by atoms with Gasteiger partial charge in [-0.3, -0.25) is 4.79 Å². The Labute approximate surface area is 166 Å². The molecule has 0 rings (SSSR count). The molecule has 2 N–H and O–H groups in total. The van der Waals surface area contributed by atoms with Crippen LogP contribution in [-0.4, -0.2) is 32.2 Å². The number of carbonyl (C=O) groups excluding carboxylic acids is 2. The van der Waals surface area contributed by atoms with Crippen LogP contribution in [0.5, 0.6) is 0 Å². The zero-order valence-electron chi connectivity index (χ0n) is 17.7. The lowest BCUT2D eigenvalue weighted by Gasteiger charge is -2.05. The van der Waals surface area contributed by atoms with Crippen molar-refractivity contribution in [3.63, 3.8) is 0 Å². The number of hydrogen-bond acceptors (Lipinski definition) is 3. The van der Waals surface area contributed by atoms with Crippen LogP contribution >= 0.6 is 0 Å². The monoisotopic (exact) mass is 382 g/mol. The highest BCUT2D eigenvalue weighted by Gasteiger charge is 2.04. The highest BCUT2D eigenvalue weighted by atomic mass is 16.6. The Bertz CT molecular complexity index is 384. The van der Waals surface area contributed by atoms with Crippen molar-refractivity contribution in [2.45, 2.75) is 96.8 Å². The molecule has 27 heavy (non-hydrogen) atoms. The minimum absolute atomic E-state index is 0.230. The summed E-state index contributed by atoms with van der Waals surface area (Å²) in [5.41, 5.74) is 0. The third-order valence-electron chi connectivity index (χ3n) is 4.57. The molecule has 0 atom stereocenters. The predicted octanol–water partition coefficient (Wildman–Crippen LogP) is 5.50. The van der Waals surface area contributed by atoms with Gasteiger partial charge in [-0.25, -0.2) is 4.79 Å². The summed E-state index contributed by atoms with van der Waals surface area (Å²) < 4.78 is 4.75. The van der Waals surface area contributed by atoms with Crippen LogP contribution < -0.4 is 10.6 Å². The number of likely N-dealkylation sites (N-methyl/N-ethyl adjacent to an activating group) is 1. The quantitative estimate of drug-likeness (QED) is 0.243. The van der Waals surface area contributed by atoms with E-state index in [4.69, 9.17) is 4.74 Å². The molecule has 0 aliphatic carbocycles. The van der Waals surface area contributed by atoms with Crippen molar-refractivity contribution in [1.29, 1.82) is 0 Å². The summed E-state index contributed by atoms with van der Waals surface area (Å²) in [5.74, 6) is -0.306. The molecule has 0 spiro atoms. The van der Waals surface area contributed by atoms with E-state index in [2.05, 4.69) is 29.7 Å². The summed E-state index contributed by atoms with van der Waals surface area (Å²) in [6.07, 6.45) is 22.0. The standard InChI is InChI=1S/C22H42N2O3/c1-3-4-5-6-7-8-9-10-11-12-13-14-15-16-17-18-19-24-22(26)27-20-21(25)23-2/h13-14H,3-12,15-20H2,1-2H3,(H,23,25)(H,24,26)/b14-13-. The first-order chi connectivity index (χ1) is 13.2. The predicted molar refractivity (Wildman–Crippen MR) is 113 cm³/mol. The number of ether oxygens (including phenoxy) is 1. The average Bonchev–Trinajstić information content (AvgIpc) is 2.68. The summed E-state index contributed by atoms with van der Waals surface area (Å²) >= 11 is 0. The zero-order chi connectivity index (χ0) is 20.0. The van der Waals surface area contributed by atoms with Crippen LogP contribution in [0.15, 0.2) is 12.2 Å². The van der Waals surface area contributed by atoms with Crippen LogP contribution in [0.3, 0.4) is 0 Å². The van der Waals surface area contributed by atoms with Gasteiger partial charge in [0.1, 0.15) is 0 Å². The molecule has 0 saturated heterocycles. The normalized spacial score (nSPS) is 10.9. The minimum atomic E-state index is -0.528. The third-order valence-corrected chi connectivity index (χ3v) is 4.57. The molecule has 0 aromatic heterocycles. The van der Waals surface area contributed by atoms with Crippen LogP contribution in [-0.2, 0) is 9.53 Å². The molecule has 0 aliphatic heterocycles. The molecule has 0 aromatic rings. The number of nitrogens with one attached hydrogen (secondary N) is 2. The van der Waals surface area contributed by atoms with E-state index < -0.39 is 6.09 Å². The first kappa shape index (κ1) is 25.5. The second-order valence-corrected chi connectivity index (χ2v) is 7.11. The first-order valence-corrected chi connectivity index (χ1v) is 11.0. The lowest BCUT2D eigenvalue weighted by atomic mass is 10.1. The Balaban J connectivity index is 3.23. The van der Waals surface area contributed by atoms with Gasteiger partial charge in [-0.05, 0) is 32.1 Å². The van der Waals surface area contributed by atoms with Gasteiger partial charge < -0.3 is 15.4 Å². The van der Waals surface area contributed by atoms with Gasteiger partial charge in [0, 0.05) is 13.6 Å². The van der Waals surface area contributed by atoms with E-state index >= 15 is 0 Å². The van der Waals surface area contributed by atoms with Crippen LogP contribution in [0.1, 0.15) is 96.8 Å². The maximum atomic E-state index is 11.3. The number of allylic oxidation sites excluding steroid dienone is 2. The molecule has 0 unspecified atom stereocenters. The first-order valence-electron chi connectivity index (χ1n) is 11.0. The largest absolute Gasteiger partial charge is 0.439 e. The number of hydrogen-bond donors (Lipinski definition) is 2. The van der Waals surface area contributed by atoms with Gasteiger partial charge in [0.2, 0.25) is 0 Å². The molecule has 0 aromatic carbocycles. The van der Waals surface area contributed by atoms with Crippen molar-refractivity contribution in [1.82, 2.24) is 10.6 Å². The molecule has 158 valence electrons. The Kier molecular flexibility index (Phi) is 19.6. The molecule has 0 radical (unpaired) electrons. The van der Waals surface area contributed by atoms with E-state index in [1.165, 1.54) is 71.3 Å². The van der Waals surface area contributed by atoms with Crippen molar-refractivity contribution in [2.24, 2.45) is 0 Å². The van der Waals surface area contributed by atoms with Gasteiger partial charge in [-0.2, -0.15) is 0 Å². The fourth-order valence-electron chi connectivity index (χ4n) is 2.82. The van der Waals surface area contributed by atoms with E-state index in [-0.39, 0.29) is 12.5 Å². The summed E-state index contributed by atoms with van der Waals surface area (Å²) in [6.45, 7) is 2.63. The Hall–Kier alpha value is -1.52. The van der Waals surface area contributed by atoms with E-state index in [0.29, 0.717) is 6.54 Å².